The van der Waals surface area contributed by atoms with Crippen molar-refractivity contribution < 1.29 is 14.5 Å². The molecular weight excluding hydrogens is 332 g/mol. The quantitative estimate of drug-likeness (QED) is 0.621. The van der Waals surface area contributed by atoms with Crippen LogP contribution in [0, 0.1) is 17.0 Å². The molecule has 0 bridgehead atoms. The molecule has 0 radical (unpaired) electrons. The van der Waals surface area contributed by atoms with E-state index in [1.165, 1.54) is 18.2 Å². The summed E-state index contributed by atoms with van der Waals surface area (Å²) in [5, 5.41) is 13.6. The van der Waals surface area contributed by atoms with Gasteiger partial charge in [-0.15, -0.1) is 0 Å². The molecule has 0 saturated carbocycles. The van der Waals surface area contributed by atoms with E-state index >= 15 is 0 Å². The molecule has 0 spiro atoms. The molecule has 2 aromatic rings. The fourth-order valence-electron chi connectivity index (χ4n) is 2.04. The zero-order chi connectivity index (χ0) is 17.7. The average molecular weight is 349 g/mol. The van der Waals surface area contributed by atoms with Crippen LogP contribution in [0.4, 0.5) is 11.4 Å². The van der Waals surface area contributed by atoms with Crippen molar-refractivity contribution in [2.24, 2.45) is 0 Å². The number of hydrogen-bond acceptors (Lipinski definition) is 4. The molecule has 0 aromatic heterocycles. The van der Waals surface area contributed by atoms with Gasteiger partial charge in [-0.25, -0.2) is 0 Å². The van der Waals surface area contributed by atoms with Gasteiger partial charge in [0.05, 0.1) is 15.6 Å². The Morgan fingerprint density at radius 3 is 2.54 bits per heavy atom. The fraction of sp³-hybridized carbons (Fsp3) is 0.235. The lowest BCUT2D eigenvalue weighted by Crippen LogP contribution is -2.32. The molecule has 2 aromatic carbocycles. The van der Waals surface area contributed by atoms with E-state index in [0.29, 0.717) is 12.2 Å². The highest BCUT2D eigenvalue weighted by Gasteiger charge is 2.20. The van der Waals surface area contributed by atoms with Crippen molar-refractivity contribution in [2.45, 2.75) is 26.4 Å². The number of nitrogens with zero attached hydrogens (tertiary/aromatic N) is 1. The molecule has 1 atom stereocenters. The second-order valence-corrected chi connectivity index (χ2v) is 5.65. The molecular formula is C17H17ClN2O4. The number of ether oxygens (including phenoxy) is 1. The number of aryl methyl sites for hydroxylation is 1. The number of benzene rings is 2. The predicted molar refractivity (Wildman–Crippen MR) is 92.6 cm³/mol. The summed E-state index contributed by atoms with van der Waals surface area (Å²) in [6.07, 6.45) is -0.297. The first-order chi connectivity index (χ1) is 11.4. The van der Waals surface area contributed by atoms with E-state index in [1.54, 1.807) is 12.1 Å². The van der Waals surface area contributed by atoms with Crippen LogP contribution in [0.15, 0.2) is 42.5 Å². The van der Waals surface area contributed by atoms with E-state index in [2.05, 4.69) is 5.32 Å². The van der Waals surface area contributed by atoms with Gasteiger partial charge in [0.25, 0.3) is 11.6 Å². The molecule has 0 heterocycles. The van der Waals surface area contributed by atoms with Gasteiger partial charge in [-0.1, -0.05) is 36.2 Å². The Balaban J connectivity index is 2.13. The second kappa shape index (κ2) is 7.79. The summed E-state index contributed by atoms with van der Waals surface area (Å²) in [5.74, 6) is 0.160. The van der Waals surface area contributed by atoms with Crippen LogP contribution in [0.5, 0.6) is 5.75 Å². The van der Waals surface area contributed by atoms with Gasteiger partial charge in [0, 0.05) is 12.1 Å². The van der Waals surface area contributed by atoms with Gasteiger partial charge in [-0.05, 0) is 31.5 Å². The van der Waals surface area contributed by atoms with Crippen molar-refractivity contribution in [3.05, 3.63) is 63.2 Å². The number of nitrogens with one attached hydrogen (secondary N) is 1. The largest absolute Gasteiger partial charge is 0.481 e. The van der Waals surface area contributed by atoms with Crippen LogP contribution in [-0.2, 0) is 4.79 Å². The van der Waals surface area contributed by atoms with Crippen LogP contribution in [-0.4, -0.2) is 16.9 Å². The number of rotatable bonds is 6. The third-order valence-electron chi connectivity index (χ3n) is 3.38. The maximum atomic E-state index is 12.4. The first-order valence-corrected chi connectivity index (χ1v) is 7.76. The number of nitro groups is 1. The summed E-state index contributed by atoms with van der Waals surface area (Å²) in [4.78, 5) is 22.7. The average Bonchev–Trinajstić information content (AvgIpc) is 2.56. The number of amides is 1. The highest BCUT2D eigenvalue weighted by molar-refractivity contribution is 6.33. The van der Waals surface area contributed by atoms with E-state index in [1.807, 2.05) is 26.0 Å². The molecule has 7 heteroatoms. The zero-order valence-electron chi connectivity index (χ0n) is 13.3. The maximum Gasteiger partial charge on any atom is 0.271 e. The summed E-state index contributed by atoms with van der Waals surface area (Å²) in [5.41, 5.74) is 1.12. The van der Waals surface area contributed by atoms with Gasteiger partial charge in [-0.3, -0.25) is 14.9 Å². The van der Waals surface area contributed by atoms with Gasteiger partial charge >= 0.3 is 0 Å². The lowest BCUT2D eigenvalue weighted by atomic mass is 10.2. The number of carbonyl (C=O) groups is 1. The van der Waals surface area contributed by atoms with E-state index in [9.17, 15) is 14.9 Å². The number of halogens is 1. The maximum absolute atomic E-state index is 12.4. The van der Waals surface area contributed by atoms with Crippen molar-refractivity contribution >= 4 is 28.9 Å². The Kier molecular flexibility index (Phi) is 5.76. The number of carbonyl (C=O) groups excluding carboxylic acids is 1. The Hall–Kier alpha value is -2.60. The van der Waals surface area contributed by atoms with E-state index in [0.717, 1.165) is 5.56 Å². The standard InChI is InChI=1S/C17H17ClN2O4/c1-3-16(24-13-7-4-11(2)5-8-13)17(21)19-15-10-12(20(22)23)6-9-14(15)18/h4-10,16H,3H2,1-2H3,(H,19,21)/t16-/m1/s1. The molecule has 0 fully saturated rings. The molecule has 0 unspecified atom stereocenters. The normalized spacial score (nSPS) is 11.6. The molecule has 0 aliphatic carbocycles. The lowest BCUT2D eigenvalue weighted by Gasteiger charge is -2.17. The van der Waals surface area contributed by atoms with Crippen molar-refractivity contribution in [2.75, 3.05) is 5.32 Å². The van der Waals surface area contributed by atoms with Crippen molar-refractivity contribution in [3.8, 4) is 5.75 Å². The van der Waals surface area contributed by atoms with E-state index < -0.39 is 16.9 Å². The lowest BCUT2D eigenvalue weighted by molar-refractivity contribution is -0.384. The summed E-state index contributed by atoms with van der Waals surface area (Å²) in [6.45, 7) is 3.77. The summed E-state index contributed by atoms with van der Waals surface area (Å²) >= 11 is 5.99. The second-order valence-electron chi connectivity index (χ2n) is 5.24. The Bertz CT molecular complexity index is 747. The van der Waals surface area contributed by atoms with Gasteiger partial charge < -0.3 is 10.1 Å². The van der Waals surface area contributed by atoms with Gasteiger partial charge in [0.1, 0.15) is 5.75 Å². The molecule has 126 valence electrons. The van der Waals surface area contributed by atoms with E-state index in [-0.39, 0.29) is 16.4 Å². The van der Waals surface area contributed by atoms with Crippen LogP contribution in [0.1, 0.15) is 18.9 Å². The SMILES string of the molecule is CC[C@@H](Oc1ccc(C)cc1)C(=O)Nc1cc([N+](=O)[O-])ccc1Cl. The Labute approximate surface area is 144 Å². The van der Waals surface area contributed by atoms with Gasteiger partial charge in [0.15, 0.2) is 6.10 Å². The van der Waals surface area contributed by atoms with Crippen LogP contribution in [0.2, 0.25) is 5.02 Å². The molecule has 1 amide bonds. The minimum absolute atomic E-state index is 0.151. The number of nitro benzene ring substituents is 1. The first kappa shape index (κ1) is 17.7. The third-order valence-corrected chi connectivity index (χ3v) is 3.71. The minimum Gasteiger partial charge on any atom is -0.481 e. The van der Waals surface area contributed by atoms with Crippen LogP contribution < -0.4 is 10.1 Å². The minimum atomic E-state index is -0.733. The Morgan fingerprint density at radius 1 is 1.29 bits per heavy atom. The smallest absolute Gasteiger partial charge is 0.271 e. The van der Waals surface area contributed by atoms with Gasteiger partial charge in [0.2, 0.25) is 0 Å². The molecule has 24 heavy (non-hydrogen) atoms. The third kappa shape index (κ3) is 4.45. The van der Waals surface area contributed by atoms with Crippen LogP contribution in [0.3, 0.4) is 0 Å². The zero-order valence-corrected chi connectivity index (χ0v) is 14.0. The molecule has 6 nitrogen and oxygen atoms in total. The highest BCUT2D eigenvalue weighted by atomic mass is 35.5. The number of anilines is 1. The van der Waals surface area contributed by atoms with E-state index in [4.69, 9.17) is 16.3 Å². The summed E-state index contributed by atoms with van der Waals surface area (Å²) < 4.78 is 5.68. The first-order valence-electron chi connectivity index (χ1n) is 7.39. The highest BCUT2D eigenvalue weighted by Crippen LogP contribution is 2.27. The van der Waals surface area contributed by atoms with Crippen molar-refractivity contribution in [1.82, 2.24) is 0 Å². The monoisotopic (exact) mass is 348 g/mol. The van der Waals surface area contributed by atoms with Gasteiger partial charge in [-0.2, -0.15) is 0 Å². The van der Waals surface area contributed by atoms with Crippen LogP contribution in [0.25, 0.3) is 0 Å². The van der Waals surface area contributed by atoms with Crippen molar-refractivity contribution in [1.29, 1.82) is 0 Å². The molecule has 0 aliphatic rings. The number of non-ortho nitro benzene ring substituents is 1. The fourth-order valence-corrected chi connectivity index (χ4v) is 2.20. The summed E-state index contributed by atoms with van der Waals surface area (Å²) in [7, 11) is 0. The molecule has 2 rings (SSSR count). The summed E-state index contributed by atoms with van der Waals surface area (Å²) in [6, 6.07) is 11.2. The topological polar surface area (TPSA) is 81.5 Å². The Morgan fingerprint density at radius 2 is 1.96 bits per heavy atom. The molecule has 0 aliphatic heterocycles. The number of hydrogen-bond donors (Lipinski definition) is 1. The van der Waals surface area contributed by atoms with Crippen LogP contribution >= 0.6 is 11.6 Å². The van der Waals surface area contributed by atoms with Crippen molar-refractivity contribution in [3.63, 3.8) is 0 Å². The molecule has 1 N–H and O–H groups in total. The molecule has 0 saturated heterocycles. The predicted octanol–water partition coefficient (Wildman–Crippen LogP) is 4.35.